The van der Waals surface area contributed by atoms with Gasteiger partial charge in [0.15, 0.2) is 0 Å². The van der Waals surface area contributed by atoms with Gasteiger partial charge in [-0.15, -0.1) is 0 Å². The molecule has 0 fully saturated rings. The summed E-state index contributed by atoms with van der Waals surface area (Å²) in [4.78, 5) is 16.5. The molecule has 1 unspecified atom stereocenters. The van der Waals surface area contributed by atoms with Crippen molar-refractivity contribution < 1.29 is 17.9 Å². The SMILES string of the molecule is CCOC(=O)C1=CN(Cc2cccc(-c3ccc(Cl)nc3)c2)S(=O)(=O)N(CC)C1C. The minimum absolute atomic E-state index is 0.0866. The third-order valence-corrected chi connectivity index (χ3v) is 7.12. The number of rotatable bonds is 6. The van der Waals surface area contributed by atoms with Crippen molar-refractivity contribution >= 4 is 27.8 Å². The van der Waals surface area contributed by atoms with Crippen LogP contribution in [0.3, 0.4) is 0 Å². The Bertz CT molecular complexity index is 1050. The fourth-order valence-electron chi connectivity index (χ4n) is 3.40. The van der Waals surface area contributed by atoms with Crippen LogP contribution in [0.1, 0.15) is 26.3 Å². The standard InChI is InChI=1S/C21H24ClN3O4S/c1-4-25-15(3)19(21(26)29-5-2)14-24(30(25,27)28)13-16-7-6-8-17(11-16)18-9-10-20(22)23-12-18/h6-12,14-15H,4-5,13H2,1-3H3. The first-order chi connectivity index (χ1) is 14.3. The number of carbonyl (C=O) groups excluding carboxylic acids is 1. The van der Waals surface area contributed by atoms with Crippen molar-refractivity contribution in [3.8, 4) is 11.1 Å². The van der Waals surface area contributed by atoms with Gasteiger partial charge in [-0.05, 0) is 43.2 Å². The van der Waals surface area contributed by atoms with Crippen LogP contribution in [-0.2, 0) is 26.3 Å². The van der Waals surface area contributed by atoms with Crippen molar-refractivity contribution in [2.75, 3.05) is 13.2 Å². The molecule has 1 aliphatic rings. The average Bonchev–Trinajstić information content (AvgIpc) is 2.71. The van der Waals surface area contributed by atoms with Gasteiger partial charge in [0.05, 0.1) is 24.8 Å². The van der Waals surface area contributed by atoms with Gasteiger partial charge in [0.2, 0.25) is 0 Å². The maximum Gasteiger partial charge on any atom is 0.337 e. The van der Waals surface area contributed by atoms with Crippen LogP contribution in [0.4, 0.5) is 0 Å². The van der Waals surface area contributed by atoms with Crippen molar-refractivity contribution in [2.24, 2.45) is 0 Å². The summed E-state index contributed by atoms with van der Waals surface area (Å²) in [6, 6.07) is 10.5. The molecule has 2 aromatic rings. The largest absolute Gasteiger partial charge is 0.463 e. The summed E-state index contributed by atoms with van der Waals surface area (Å²) in [7, 11) is -3.77. The van der Waals surface area contributed by atoms with E-state index in [-0.39, 0.29) is 19.7 Å². The van der Waals surface area contributed by atoms with Crippen molar-refractivity contribution in [2.45, 2.75) is 33.4 Å². The molecule has 1 aromatic carbocycles. The number of benzene rings is 1. The zero-order chi connectivity index (χ0) is 21.9. The van der Waals surface area contributed by atoms with Crippen LogP contribution in [0.25, 0.3) is 11.1 Å². The molecule has 30 heavy (non-hydrogen) atoms. The van der Waals surface area contributed by atoms with Gasteiger partial charge in [-0.3, -0.25) is 4.31 Å². The van der Waals surface area contributed by atoms with E-state index in [9.17, 15) is 13.2 Å². The molecule has 0 saturated heterocycles. The number of halogens is 1. The highest BCUT2D eigenvalue weighted by Crippen LogP contribution is 2.28. The summed E-state index contributed by atoms with van der Waals surface area (Å²) in [6.07, 6.45) is 3.05. The maximum atomic E-state index is 13.1. The summed E-state index contributed by atoms with van der Waals surface area (Å²) >= 11 is 5.86. The summed E-state index contributed by atoms with van der Waals surface area (Å²) in [5, 5.41) is 0.403. The smallest absolute Gasteiger partial charge is 0.337 e. The van der Waals surface area contributed by atoms with E-state index in [1.807, 2.05) is 30.3 Å². The number of pyridine rings is 1. The monoisotopic (exact) mass is 449 g/mol. The Kier molecular flexibility index (Phi) is 6.80. The minimum atomic E-state index is -3.77. The van der Waals surface area contributed by atoms with Crippen molar-refractivity contribution in [1.29, 1.82) is 0 Å². The number of esters is 1. The van der Waals surface area contributed by atoms with E-state index in [2.05, 4.69) is 4.98 Å². The number of hydrogen-bond acceptors (Lipinski definition) is 5. The van der Waals surface area contributed by atoms with E-state index in [0.29, 0.717) is 10.7 Å². The fourth-order valence-corrected chi connectivity index (χ4v) is 5.18. The van der Waals surface area contributed by atoms with Crippen LogP contribution in [0.15, 0.2) is 54.4 Å². The van der Waals surface area contributed by atoms with Crippen molar-refractivity contribution in [3.05, 3.63) is 65.1 Å². The van der Waals surface area contributed by atoms with Crippen LogP contribution in [0, 0.1) is 0 Å². The molecular formula is C21H24ClN3O4S. The lowest BCUT2D eigenvalue weighted by molar-refractivity contribution is -0.139. The molecule has 1 aliphatic heterocycles. The molecule has 9 heteroatoms. The highest BCUT2D eigenvalue weighted by Gasteiger charge is 2.39. The van der Waals surface area contributed by atoms with Gasteiger partial charge in [0, 0.05) is 24.5 Å². The van der Waals surface area contributed by atoms with E-state index in [1.165, 1.54) is 14.8 Å². The number of nitrogens with zero attached hydrogens (tertiary/aromatic N) is 3. The second kappa shape index (κ2) is 9.16. The molecule has 2 heterocycles. The van der Waals surface area contributed by atoms with Gasteiger partial charge < -0.3 is 4.74 Å². The lowest BCUT2D eigenvalue weighted by Crippen LogP contribution is -2.51. The molecule has 0 spiro atoms. The lowest BCUT2D eigenvalue weighted by Gasteiger charge is -2.37. The Balaban J connectivity index is 1.96. The molecule has 0 aliphatic carbocycles. The normalized spacial score (nSPS) is 18.7. The van der Waals surface area contributed by atoms with E-state index in [1.54, 1.807) is 33.0 Å². The van der Waals surface area contributed by atoms with Crippen molar-refractivity contribution in [3.63, 3.8) is 0 Å². The van der Waals surface area contributed by atoms with Crippen LogP contribution >= 0.6 is 11.6 Å². The Morgan fingerprint density at radius 3 is 2.60 bits per heavy atom. The predicted octanol–water partition coefficient (Wildman–Crippen LogP) is 3.62. The number of likely N-dealkylation sites (N-methyl/N-ethyl adjacent to an activating group) is 1. The molecule has 7 nitrogen and oxygen atoms in total. The van der Waals surface area contributed by atoms with E-state index in [0.717, 1.165) is 16.7 Å². The third-order valence-electron chi connectivity index (χ3n) is 4.91. The van der Waals surface area contributed by atoms with Gasteiger partial charge in [0.25, 0.3) is 0 Å². The summed E-state index contributed by atoms with van der Waals surface area (Å²) in [5.74, 6) is -0.510. The quantitative estimate of drug-likeness (QED) is 0.497. The molecule has 0 radical (unpaired) electrons. The fraction of sp³-hybridized carbons (Fsp3) is 0.333. The highest BCUT2D eigenvalue weighted by molar-refractivity contribution is 7.86. The first-order valence-corrected chi connectivity index (χ1v) is 11.4. The predicted molar refractivity (Wildman–Crippen MR) is 116 cm³/mol. The zero-order valence-electron chi connectivity index (χ0n) is 17.1. The number of aromatic nitrogens is 1. The molecule has 3 rings (SSSR count). The van der Waals surface area contributed by atoms with E-state index < -0.39 is 22.2 Å². The Morgan fingerprint density at radius 1 is 1.20 bits per heavy atom. The van der Waals surface area contributed by atoms with Gasteiger partial charge in [-0.2, -0.15) is 12.7 Å². The average molecular weight is 450 g/mol. The third kappa shape index (κ3) is 4.50. The maximum absolute atomic E-state index is 13.1. The topological polar surface area (TPSA) is 79.8 Å². The second-order valence-electron chi connectivity index (χ2n) is 6.81. The van der Waals surface area contributed by atoms with Crippen LogP contribution < -0.4 is 0 Å². The van der Waals surface area contributed by atoms with E-state index >= 15 is 0 Å². The van der Waals surface area contributed by atoms with Crippen LogP contribution in [0.5, 0.6) is 0 Å². The zero-order valence-corrected chi connectivity index (χ0v) is 18.7. The van der Waals surface area contributed by atoms with Gasteiger partial charge >= 0.3 is 16.2 Å². The highest BCUT2D eigenvalue weighted by atomic mass is 35.5. The van der Waals surface area contributed by atoms with E-state index in [4.69, 9.17) is 16.3 Å². The number of ether oxygens (including phenoxy) is 1. The molecule has 0 N–H and O–H groups in total. The lowest BCUT2D eigenvalue weighted by atomic mass is 10.0. The number of carbonyl (C=O) groups is 1. The summed E-state index contributed by atoms with van der Waals surface area (Å²) < 4.78 is 33.8. The van der Waals surface area contributed by atoms with Crippen LogP contribution in [-0.4, -0.2) is 47.2 Å². The van der Waals surface area contributed by atoms with Gasteiger partial charge in [0.1, 0.15) is 5.15 Å². The van der Waals surface area contributed by atoms with Gasteiger partial charge in [-0.1, -0.05) is 36.7 Å². The summed E-state index contributed by atoms with van der Waals surface area (Å²) in [6.45, 7) is 5.70. The van der Waals surface area contributed by atoms with Crippen LogP contribution in [0.2, 0.25) is 5.15 Å². The first-order valence-electron chi connectivity index (χ1n) is 9.66. The van der Waals surface area contributed by atoms with Crippen molar-refractivity contribution in [1.82, 2.24) is 13.6 Å². The summed E-state index contributed by atoms with van der Waals surface area (Å²) in [5.41, 5.74) is 2.85. The Morgan fingerprint density at radius 2 is 1.97 bits per heavy atom. The van der Waals surface area contributed by atoms with Gasteiger partial charge in [-0.25, -0.2) is 9.78 Å². The first kappa shape index (κ1) is 22.3. The number of hydrogen-bond donors (Lipinski definition) is 0. The molecule has 160 valence electrons. The minimum Gasteiger partial charge on any atom is -0.463 e. The molecular weight excluding hydrogens is 426 g/mol. The second-order valence-corrected chi connectivity index (χ2v) is 9.03. The Labute approximate surface area is 182 Å². The molecule has 0 bridgehead atoms. The molecule has 1 aromatic heterocycles. The molecule has 1 atom stereocenters. The molecule has 0 saturated carbocycles. The molecule has 0 amide bonds. The Hall–Kier alpha value is -2.42.